The summed E-state index contributed by atoms with van der Waals surface area (Å²) >= 11 is 1.04. The summed E-state index contributed by atoms with van der Waals surface area (Å²) in [5, 5.41) is 15.7. The molecule has 1 heterocycles. The summed E-state index contributed by atoms with van der Waals surface area (Å²) in [5.41, 5.74) is 5.99. The number of anilines is 1. The molecule has 0 aliphatic rings. The molecule has 0 unspecified atom stereocenters. The zero-order chi connectivity index (χ0) is 18.2. The SMILES string of the molecule is N=C(n1c(=N)c(Sc2ccc(N)cc2)nc2ccccc21)C(F)(F)F. The number of nitrogens with one attached hydrogen (secondary N) is 2. The van der Waals surface area contributed by atoms with Gasteiger partial charge >= 0.3 is 6.18 Å². The van der Waals surface area contributed by atoms with E-state index >= 15 is 0 Å². The Morgan fingerprint density at radius 1 is 1.08 bits per heavy atom. The average molecular weight is 363 g/mol. The summed E-state index contributed by atoms with van der Waals surface area (Å²) in [4.78, 5) is 4.95. The van der Waals surface area contributed by atoms with Crippen LogP contribution < -0.4 is 11.2 Å². The molecule has 0 saturated carbocycles. The molecule has 25 heavy (non-hydrogen) atoms. The Morgan fingerprint density at radius 2 is 1.72 bits per heavy atom. The highest BCUT2D eigenvalue weighted by Crippen LogP contribution is 2.27. The van der Waals surface area contributed by atoms with Gasteiger partial charge in [-0.2, -0.15) is 13.2 Å². The summed E-state index contributed by atoms with van der Waals surface area (Å²) in [5.74, 6) is -1.63. The van der Waals surface area contributed by atoms with Gasteiger partial charge in [0.1, 0.15) is 5.03 Å². The fourth-order valence-corrected chi connectivity index (χ4v) is 3.03. The predicted octanol–water partition coefficient (Wildman–Crippen LogP) is 3.64. The first-order chi connectivity index (χ1) is 11.8. The summed E-state index contributed by atoms with van der Waals surface area (Å²) < 4.78 is 39.8. The normalized spacial score (nSPS) is 11.6. The van der Waals surface area contributed by atoms with Crippen LogP contribution in [-0.4, -0.2) is 21.6 Å². The molecule has 0 saturated heterocycles. The number of aromatic nitrogens is 2. The quantitative estimate of drug-likeness (QED) is 0.369. The lowest BCUT2D eigenvalue weighted by molar-refractivity contribution is -0.0624. The number of rotatable bonds is 2. The summed E-state index contributed by atoms with van der Waals surface area (Å²) in [6.07, 6.45) is -4.88. The van der Waals surface area contributed by atoms with Gasteiger partial charge in [-0.05, 0) is 36.4 Å². The molecule has 4 N–H and O–H groups in total. The van der Waals surface area contributed by atoms with Crippen LogP contribution >= 0.6 is 11.8 Å². The summed E-state index contributed by atoms with van der Waals surface area (Å²) in [6, 6.07) is 12.8. The van der Waals surface area contributed by atoms with Crippen LogP contribution in [0.2, 0.25) is 0 Å². The van der Waals surface area contributed by atoms with Crippen LogP contribution in [0.4, 0.5) is 18.9 Å². The van der Waals surface area contributed by atoms with Crippen LogP contribution in [0.3, 0.4) is 0 Å². The van der Waals surface area contributed by atoms with Gasteiger partial charge in [-0.1, -0.05) is 23.9 Å². The molecule has 0 atom stereocenters. The maximum absolute atomic E-state index is 13.1. The van der Waals surface area contributed by atoms with E-state index in [0.29, 0.717) is 15.1 Å². The molecule has 2 aromatic carbocycles. The van der Waals surface area contributed by atoms with Gasteiger partial charge < -0.3 is 5.73 Å². The first-order valence-corrected chi connectivity index (χ1v) is 7.85. The number of nitrogen functional groups attached to an aromatic ring is 1. The van der Waals surface area contributed by atoms with E-state index in [1.165, 1.54) is 12.1 Å². The number of halogens is 3. The second-order valence-electron chi connectivity index (χ2n) is 5.11. The van der Waals surface area contributed by atoms with Crippen molar-refractivity contribution in [1.29, 1.82) is 10.8 Å². The van der Waals surface area contributed by atoms with Crippen molar-refractivity contribution in [2.24, 2.45) is 0 Å². The van der Waals surface area contributed by atoms with Gasteiger partial charge in [-0.15, -0.1) is 0 Å². The van der Waals surface area contributed by atoms with Crippen molar-refractivity contribution in [2.45, 2.75) is 16.1 Å². The van der Waals surface area contributed by atoms with E-state index in [-0.39, 0.29) is 16.1 Å². The third-order valence-corrected chi connectivity index (χ3v) is 4.34. The molecule has 5 nitrogen and oxygen atoms in total. The van der Waals surface area contributed by atoms with Crippen molar-refractivity contribution in [3.63, 3.8) is 0 Å². The topological polar surface area (TPSA) is 91.5 Å². The van der Waals surface area contributed by atoms with Crippen LogP contribution in [0.1, 0.15) is 0 Å². The van der Waals surface area contributed by atoms with Gasteiger partial charge in [0.15, 0.2) is 5.49 Å². The lowest BCUT2D eigenvalue weighted by Gasteiger charge is -2.16. The molecule has 0 radical (unpaired) electrons. The molecule has 9 heteroatoms. The van der Waals surface area contributed by atoms with Gasteiger partial charge in [0, 0.05) is 10.6 Å². The molecule has 1 aromatic heterocycles. The molecular formula is C16H12F3N5S. The largest absolute Gasteiger partial charge is 0.449 e. The van der Waals surface area contributed by atoms with Crippen LogP contribution in [0.25, 0.3) is 11.0 Å². The minimum atomic E-state index is -4.88. The number of nitrogens with zero attached hydrogens (tertiary/aromatic N) is 2. The maximum Gasteiger partial charge on any atom is 0.449 e. The fourth-order valence-electron chi connectivity index (χ4n) is 2.20. The second kappa shape index (κ2) is 6.25. The van der Waals surface area contributed by atoms with Gasteiger partial charge in [0.25, 0.3) is 0 Å². The maximum atomic E-state index is 13.1. The fraction of sp³-hybridized carbons (Fsp3) is 0.0625. The highest BCUT2D eigenvalue weighted by atomic mass is 32.2. The second-order valence-corrected chi connectivity index (χ2v) is 6.17. The number of benzene rings is 2. The Balaban J connectivity index is 2.20. The van der Waals surface area contributed by atoms with Crippen LogP contribution in [0, 0.1) is 10.8 Å². The minimum absolute atomic E-state index is 0.0523. The van der Waals surface area contributed by atoms with E-state index in [9.17, 15) is 13.2 Å². The third-order valence-electron chi connectivity index (χ3n) is 3.36. The molecule has 0 amide bonds. The van der Waals surface area contributed by atoms with Gasteiger partial charge in [0.05, 0.1) is 11.0 Å². The van der Waals surface area contributed by atoms with E-state index in [2.05, 4.69) is 4.98 Å². The number of nitrogens with two attached hydrogens (primary N) is 1. The van der Waals surface area contributed by atoms with Crippen molar-refractivity contribution in [3.8, 4) is 0 Å². The number of hydrogen-bond acceptors (Lipinski definition) is 5. The molecule has 128 valence electrons. The van der Waals surface area contributed by atoms with Crippen molar-refractivity contribution >= 4 is 34.3 Å². The highest BCUT2D eigenvalue weighted by molar-refractivity contribution is 7.99. The van der Waals surface area contributed by atoms with E-state index in [0.717, 1.165) is 11.8 Å². The number of alkyl halides is 3. The number of fused-ring (bicyclic) bond motifs is 1. The smallest absolute Gasteiger partial charge is 0.399 e. The Labute approximate surface area is 144 Å². The number of hydrogen-bond donors (Lipinski definition) is 3. The van der Waals surface area contributed by atoms with Crippen molar-refractivity contribution in [3.05, 3.63) is 54.0 Å². The Bertz CT molecular complexity index is 1010. The van der Waals surface area contributed by atoms with Crippen LogP contribution in [-0.2, 0) is 0 Å². The Morgan fingerprint density at radius 3 is 2.36 bits per heavy atom. The van der Waals surface area contributed by atoms with E-state index in [1.807, 2.05) is 0 Å². The predicted molar refractivity (Wildman–Crippen MR) is 89.7 cm³/mol. The van der Waals surface area contributed by atoms with Crippen LogP contribution in [0.5, 0.6) is 0 Å². The lowest BCUT2D eigenvalue weighted by atomic mass is 10.3. The first-order valence-electron chi connectivity index (χ1n) is 7.03. The average Bonchev–Trinajstić information content (AvgIpc) is 2.56. The van der Waals surface area contributed by atoms with Crippen molar-refractivity contribution in [2.75, 3.05) is 5.73 Å². The number of para-hydroxylation sites is 2. The van der Waals surface area contributed by atoms with E-state index in [1.54, 1.807) is 36.4 Å². The molecule has 0 spiro atoms. The van der Waals surface area contributed by atoms with Gasteiger partial charge in [-0.3, -0.25) is 15.4 Å². The van der Waals surface area contributed by atoms with E-state index in [4.69, 9.17) is 16.6 Å². The van der Waals surface area contributed by atoms with E-state index < -0.39 is 17.5 Å². The third kappa shape index (κ3) is 3.36. The standard InChI is InChI=1S/C16H12F3N5S/c17-16(18,19)15(22)24-12-4-2-1-3-11(12)23-14(13(24)21)25-10-7-5-9(20)6-8-10/h1-8,21-22H,20H2. The summed E-state index contributed by atoms with van der Waals surface area (Å²) in [7, 11) is 0. The molecule has 0 fully saturated rings. The van der Waals surface area contributed by atoms with Gasteiger partial charge in [0.2, 0.25) is 5.84 Å². The lowest BCUT2D eigenvalue weighted by Crippen LogP contribution is -2.38. The zero-order valence-electron chi connectivity index (χ0n) is 12.6. The monoisotopic (exact) mass is 363 g/mol. The minimum Gasteiger partial charge on any atom is -0.399 e. The first kappa shape index (κ1) is 17.0. The molecular weight excluding hydrogens is 351 g/mol. The summed E-state index contributed by atoms with van der Waals surface area (Å²) in [6.45, 7) is 0. The molecule has 3 rings (SSSR count). The zero-order valence-corrected chi connectivity index (χ0v) is 13.4. The highest BCUT2D eigenvalue weighted by Gasteiger charge is 2.37. The Kier molecular flexibility index (Phi) is 4.25. The molecule has 0 bridgehead atoms. The van der Waals surface area contributed by atoms with Gasteiger partial charge in [-0.25, -0.2) is 4.98 Å². The van der Waals surface area contributed by atoms with Crippen molar-refractivity contribution in [1.82, 2.24) is 9.55 Å². The molecule has 3 aromatic rings. The van der Waals surface area contributed by atoms with Crippen LogP contribution in [0.15, 0.2) is 58.5 Å². The Hall–Kier alpha value is -2.81. The van der Waals surface area contributed by atoms with Crippen molar-refractivity contribution < 1.29 is 13.2 Å². The molecule has 0 aliphatic heterocycles. The molecule has 0 aliphatic carbocycles.